The third kappa shape index (κ3) is 2.77. The summed E-state index contributed by atoms with van der Waals surface area (Å²) in [6.07, 6.45) is 0. The minimum absolute atomic E-state index is 0.398. The molecule has 20 heavy (non-hydrogen) atoms. The van der Waals surface area contributed by atoms with E-state index in [0.29, 0.717) is 16.3 Å². The van der Waals surface area contributed by atoms with Crippen molar-refractivity contribution in [3.05, 3.63) is 63.9 Å². The van der Waals surface area contributed by atoms with Gasteiger partial charge in [0.05, 0.1) is 13.2 Å². The minimum Gasteiger partial charge on any atom is -0.497 e. The molecule has 1 unspecified atom stereocenters. The van der Waals surface area contributed by atoms with Gasteiger partial charge < -0.3 is 4.74 Å². The highest BCUT2D eigenvalue weighted by atomic mass is 35.5. The molecular weight excluding hydrogens is 279 g/mol. The lowest BCUT2D eigenvalue weighted by Crippen LogP contribution is -2.29. The molecule has 1 atom stereocenters. The fraction of sp³-hybridized carbons (Fsp3) is 0.200. The lowest BCUT2D eigenvalue weighted by atomic mass is 9.97. The van der Waals surface area contributed by atoms with E-state index >= 15 is 0 Å². The largest absolute Gasteiger partial charge is 0.497 e. The van der Waals surface area contributed by atoms with Crippen LogP contribution in [0.2, 0.25) is 5.02 Å². The Bertz CT molecular complexity index is 619. The zero-order valence-electron chi connectivity index (χ0n) is 11.3. The predicted octanol–water partition coefficient (Wildman–Crippen LogP) is 3.35. The van der Waals surface area contributed by atoms with Gasteiger partial charge >= 0.3 is 0 Å². The van der Waals surface area contributed by atoms with Crippen molar-refractivity contribution in [2.75, 3.05) is 7.11 Å². The van der Waals surface area contributed by atoms with Gasteiger partial charge in [0, 0.05) is 16.7 Å². The van der Waals surface area contributed by atoms with Crippen LogP contribution in [0.5, 0.6) is 5.75 Å². The molecule has 0 saturated heterocycles. The number of hydrazine groups is 1. The number of hydrogen-bond donors (Lipinski definition) is 2. The molecule has 0 fully saturated rings. The molecule has 0 aliphatic rings. The van der Waals surface area contributed by atoms with E-state index in [1.165, 1.54) is 13.2 Å². The van der Waals surface area contributed by atoms with Crippen molar-refractivity contribution in [2.45, 2.75) is 13.0 Å². The van der Waals surface area contributed by atoms with Crippen molar-refractivity contribution in [2.24, 2.45) is 5.84 Å². The summed E-state index contributed by atoms with van der Waals surface area (Å²) in [7, 11) is 1.49. The summed E-state index contributed by atoms with van der Waals surface area (Å²) >= 11 is 6.28. The second-order valence-corrected chi connectivity index (χ2v) is 4.84. The van der Waals surface area contributed by atoms with Gasteiger partial charge in [-0.2, -0.15) is 0 Å². The molecule has 0 aliphatic carbocycles. The van der Waals surface area contributed by atoms with Crippen molar-refractivity contribution >= 4 is 11.6 Å². The first-order valence-corrected chi connectivity index (χ1v) is 6.51. The fourth-order valence-electron chi connectivity index (χ4n) is 2.11. The Kier molecular flexibility index (Phi) is 4.60. The smallest absolute Gasteiger partial charge is 0.132 e. The Labute approximate surface area is 122 Å². The van der Waals surface area contributed by atoms with E-state index in [4.69, 9.17) is 22.2 Å². The minimum atomic E-state index is -0.520. The van der Waals surface area contributed by atoms with Gasteiger partial charge in [0.2, 0.25) is 0 Å². The van der Waals surface area contributed by atoms with E-state index in [9.17, 15) is 4.39 Å². The average molecular weight is 295 g/mol. The van der Waals surface area contributed by atoms with Crippen LogP contribution < -0.4 is 16.0 Å². The van der Waals surface area contributed by atoms with Crippen molar-refractivity contribution in [1.29, 1.82) is 0 Å². The molecule has 3 N–H and O–H groups in total. The number of nitrogens with one attached hydrogen (secondary N) is 1. The van der Waals surface area contributed by atoms with Gasteiger partial charge in [-0.25, -0.2) is 9.82 Å². The number of benzene rings is 2. The first kappa shape index (κ1) is 14.8. The van der Waals surface area contributed by atoms with E-state index in [0.717, 1.165) is 11.1 Å². The number of ether oxygens (including phenoxy) is 1. The van der Waals surface area contributed by atoms with Crippen LogP contribution in [-0.4, -0.2) is 7.11 Å². The molecule has 0 heterocycles. The molecule has 0 aromatic heterocycles. The Morgan fingerprint density at radius 3 is 2.60 bits per heavy atom. The van der Waals surface area contributed by atoms with Crippen LogP contribution in [0.25, 0.3) is 0 Å². The van der Waals surface area contributed by atoms with Crippen LogP contribution in [0.4, 0.5) is 4.39 Å². The molecule has 2 aromatic rings. The predicted molar refractivity (Wildman–Crippen MR) is 78.3 cm³/mol. The Balaban J connectivity index is 2.50. The Morgan fingerprint density at radius 1 is 1.25 bits per heavy atom. The van der Waals surface area contributed by atoms with Gasteiger partial charge in [-0.3, -0.25) is 5.84 Å². The highest BCUT2D eigenvalue weighted by Gasteiger charge is 2.20. The molecule has 2 rings (SSSR count). The summed E-state index contributed by atoms with van der Waals surface area (Å²) in [5, 5.41) is 0.575. The second kappa shape index (κ2) is 6.22. The summed E-state index contributed by atoms with van der Waals surface area (Å²) in [6, 6.07) is 9.70. The topological polar surface area (TPSA) is 47.3 Å². The van der Waals surface area contributed by atoms with Gasteiger partial charge in [-0.05, 0) is 24.1 Å². The summed E-state index contributed by atoms with van der Waals surface area (Å²) in [6.45, 7) is 1.89. The summed E-state index contributed by atoms with van der Waals surface area (Å²) in [5.41, 5.74) is 4.68. The monoisotopic (exact) mass is 294 g/mol. The van der Waals surface area contributed by atoms with E-state index in [1.54, 1.807) is 12.1 Å². The molecule has 0 saturated carbocycles. The molecule has 2 aromatic carbocycles. The van der Waals surface area contributed by atoms with Gasteiger partial charge in [0.15, 0.2) is 0 Å². The molecule has 0 aliphatic heterocycles. The van der Waals surface area contributed by atoms with E-state index in [1.807, 2.05) is 25.1 Å². The van der Waals surface area contributed by atoms with Gasteiger partial charge in [0.25, 0.3) is 0 Å². The Hall–Kier alpha value is -1.62. The highest BCUT2D eigenvalue weighted by molar-refractivity contribution is 6.32. The van der Waals surface area contributed by atoms with Gasteiger partial charge in [-0.15, -0.1) is 0 Å². The first-order chi connectivity index (χ1) is 9.58. The van der Waals surface area contributed by atoms with Crippen LogP contribution in [0, 0.1) is 12.7 Å². The standard InChI is InChI=1S/C15H16ClFN2O/c1-9-4-3-5-12(14(9)16)15(19-18)11-7-6-10(20-2)8-13(11)17/h3-8,15,19H,18H2,1-2H3. The molecule has 106 valence electrons. The SMILES string of the molecule is COc1ccc(C(NN)c2cccc(C)c2Cl)c(F)c1. The highest BCUT2D eigenvalue weighted by Crippen LogP contribution is 2.32. The average Bonchev–Trinajstić information content (AvgIpc) is 2.45. The van der Waals surface area contributed by atoms with Gasteiger partial charge in [0.1, 0.15) is 11.6 Å². The van der Waals surface area contributed by atoms with E-state index in [-0.39, 0.29) is 0 Å². The summed E-state index contributed by atoms with van der Waals surface area (Å²) < 4.78 is 19.2. The molecule has 0 spiro atoms. The molecular formula is C15H16ClFN2O. The zero-order valence-corrected chi connectivity index (χ0v) is 12.0. The number of nitrogens with two attached hydrogens (primary N) is 1. The van der Waals surface area contributed by atoms with Crippen LogP contribution in [-0.2, 0) is 0 Å². The first-order valence-electron chi connectivity index (χ1n) is 6.13. The number of rotatable bonds is 4. The molecule has 0 amide bonds. The van der Waals surface area contributed by atoms with Crippen molar-refractivity contribution in [3.8, 4) is 5.75 Å². The lowest BCUT2D eigenvalue weighted by molar-refractivity contribution is 0.410. The fourth-order valence-corrected chi connectivity index (χ4v) is 2.34. The Morgan fingerprint density at radius 2 is 2.00 bits per heavy atom. The third-order valence-electron chi connectivity index (χ3n) is 3.22. The number of methoxy groups -OCH3 is 1. The van der Waals surface area contributed by atoms with Crippen molar-refractivity contribution in [3.63, 3.8) is 0 Å². The number of hydrogen-bond acceptors (Lipinski definition) is 3. The number of halogens is 2. The molecule has 5 heteroatoms. The third-order valence-corrected chi connectivity index (χ3v) is 3.73. The molecule has 0 radical (unpaired) electrons. The molecule has 0 bridgehead atoms. The van der Waals surface area contributed by atoms with E-state index in [2.05, 4.69) is 5.43 Å². The normalized spacial score (nSPS) is 12.2. The van der Waals surface area contributed by atoms with Crippen molar-refractivity contribution < 1.29 is 9.13 Å². The summed E-state index contributed by atoms with van der Waals surface area (Å²) in [5.74, 6) is 5.65. The zero-order chi connectivity index (χ0) is 14.7. The van der Waals surface area contributed by atoms with Crippen LogP contribution in [0.1, 0.15) is 22.7 Å². The van der Waals surface area contributed by atoms with Crippen LogP contribution >= 0.6 is 11.6 Å². The maximum absolute atomic E-state index is 14.2. The van der Waals surface area contributed by atoms with Gasteiger partial charge in [-0.1, -0.05) is 35.9 Å². The quantitative estimate of drug-likeness (QED) is 0.671. The van der Waals surface area contributed by atoms with E-state index < -0.39 is 11.9 Å². The maximum Gasteiger partial charge on any atom is 0.132 e. The summed E-state index contributed by atoms with van der Waals surface area (Å²) in [4.78, 5) is 0. The lowest BCUT2D eigenvalue weighted by Gasteiger charge is -2.20. The van der Waals surface area contributed by atoms with Crippen molar-refractivity contribution in [1.82, 2.24) is 5.43 Å². The number of aryl methyl sites for hydroxylation is 1. The maximum atomic E-state index is 14.2. The van der Waals surface area contributed by atoms with Crippen LogP contribution in [0.3, 0.4) is 0 Å². The van der Waals surface area contributed by atoms with Crippen LogP contribution in [0.15, 0.2) is 36.4 Å². The second-order valence-electron chi connectivity index (χ2n) is 4.47. The molecule has 3 nitrogen and oxygen atoms in total.